The minimum atomic E-state index is -0.00721. The van der Waals surface area contributed by atoms with Crippen molar-refractivity contribution in [1.82, 2.24) is 24.7 Å². The number of benzene rings is 2. The number of amides is 1. The third-order valence-corrected chi connectivity index (χ3v) is 8.38. The molecule has 4 heterocycles. The smallest absolute Gasteiger partial charge is 0.225 e. The molecule has 2 aromatic carbocycles. The summed E-state index contributed by atoms with van der Waals surface area (Å²) in [6.07, 6.45) is 8.27. The number of imidazole rings is 1. The Hall–Kier alpha value is -4.30. The third kappa shape index (κ3) is 4.58. The number of nitrogens with zero attached hydrogens (tertiary/aromatic N) is 4. The average Bonchev–Trinajstić information content (AvgIpc) is 3.67. The molecular formula is C32H32N6O2. The van der Waals surface area contributed by atoms with Gasteiger partial charge in [0.25, 0.3) is 0 Å². The number of aromatic nitrogens is 4. The molecule has 202 valence electrons. The van der Waals surface area contributed by atoms with E-state index in [1.54, 1.807) is 6.20 Å². The highest BCUT2D eigenvalue weighted by molar-refractivity contribution is 5.91. The first-order chi connectivity index (χ1) is 19.6. The first-order valence-electron chi connectivity index (χ1n) is 14.1. The topological polar surface area (TPSA) is 107 Å². The summed E-state index contributed by atoms with van der Waals surface area (Å²) in [5, 5.41) is 4.33. The van der Waals surface area contributed by atoms with Gasteiger partial charge < -0.3 is 15.8 Å². The molecule has 1 atom stereocenters. The SMILES string of the molecule is Nc1nccn2c(C3CCC(NC(=O)C4CCOC4)CC3)nc(-c3ccc4ccc(-c5ccccc5)nc4c3)c12. The summed E-state index contributed by atoms with van der Waals surface area (Å²) in [5.41, 5.74) is 12.0. The van der Waals surface area contributed by atoms with Gasteiger partial charge >= 0.3 is 0 Å². The third-order valence-electron chi connectivity index (χ3n) is 8.38. The first kappa shape index (κ1) is 24.7. The predicted molar refractivity (Wildman–Crippen MR) is 156 cm³/mol. The van der Waals surface area contributed by atoms with E-state index in [1.807, 2.05) is 24.4 Å². The van der Waals surface area contributed by atoms with Gasteiger partial charge in [-0.05, 0) is 44.2 Å². The van der Waals surface area contributed by atoms with Crippen molar-refractivity contribution < 1.29 is 9.53 Å². The lowest BCUT2D eigenvalue weighted by molar-refractivity contribution is -0.125. The van der Waals surface area contributed by atoms with E-state index in [1.165, 1.54) is 0 Å². The van der Waals surface area contributed by atoms with Gasteiger partial charge in [0, 0.05) is 47.5 Å². The van der Waals surface area contributed by atoms with E-state index in [0.717, 1.165) is 76.9 Å². The summed E-state index contributed by atoms with van der Waals surface area (Å²) in [4.78, 5) is 27.2. The fourth-order valence-electron chi connectivity index (χ4n) is 6.17. The Morgan fingerprint density at radius 3 is 2.58 bits per heavy atom. The van der Waals surface area contributed by atoms with E-state index in [0.29, 0.717) is 19.0 Å². The highest BCUT2D eigenvalue weighted by atomic mass is 16.5. The van der Waals surface area contributed by atoms with Crippen molar-refractivity contribution in [2.45, 2.75) is 44.1 Å². The minimum Gasteiger partial charge on any atom is -0.382 e. The molecule has 8 heteroatoms. The largest absolute Gasteiger partial charge is 0.382 e. The number of hydrogen-bond acceptors (Lipinski definition) is 6. The van der Waals surface area contributed by atoms with Gasteiger partial charge in [0.15, 0.2) is 0 Å². The number of carbonyl (C=O) groups excluding carboxylic acids is 1. The number of ether oxygens (including phenoxy) is 1. The van der Waals surface area contributed by atoms with Crippen LogP contribution in [0.1, 0.15) is 43.8 Å². The zero-order valence-electron chi connectivity index (χ0n) is 22.3. The molecule has 2 aliphatic rings. The minimum absolute atomic E-state index is 0.00721. The molecule has 3 aromatic heterocycles. The lowest BCUT2D eigenvalue weighted by Gasteiger charge is -2.29. The summed E-state index contributed by atoms with van der Waals surface area (Å²) < 4.78 is 7.50. The van der Waals surface area contributed by atoms with Gasteiger partial charge in [-0.15, -0.1) is 0 Å². The summed E-state index contributed by atoms with van der Waals surface area (Å²) in [6.45, 7) is 1.22. The van der Waals surface area contributed by atoms with Crippen molar-refractivity contribution in [2.75, 3.05) is 18.9 Å². The van der Waals surface area contributed by atoms with Crippen LogP contribution in [0, 0.1) is 5.92 Å². The van der Waals surface area contributed by atoms with Gasteiger partial charge in [-0.25, -0.2) is 15.0 Å². The molecule has 40 heavy (non-hydrogen) atoms. The van der Waals surface area contributed by atoms with E-state index in [2.05, 4.69) is 57.2 Å². The van der Waals surface area contributed by atoms with Gasteiger partial charge in [-0.2, -0.15) is 0 Å². The quantitative estimate of drug-likeness (QED) is 0.315. The zero-order chi connectivity index (χ0) is 27.1. The Morgan fingerprint density at radius 1 is 0.950 bits per heavy atom. The molecule has 0 radical (unpaired) electrons. The number of anilines is 1. The Kier molecular flexibility index (Phi) is 6.40. The second-order valence-corrected chi connectivity index (χ2v) is 10.9. The van der Waals surface area contributed by atoms with Crippen molar-refractivity contribution >= 4 is 28.1 Å². The monoisotopic (exact) mass is 532 g/mol. The average molecular weight is 533 g/mol. The molecule has 1 aliphatic carbocycles. The van der Waals surface area contributed by atoms with Crippen molar-refractivity contribution in [2.24, 2.45) is 5.92 Å². The lowest BCUT2D eigenvalue weighted by atomic mass is 9.85. The van der Waals surface area contributed by atoms with Crippen LogP contribution in [0.4, 0.5) is 5.82 Å². The number of nitrogen functional groups attached to an aromatic ring is 1. The molecule has 1 saturated heterocycles. The van der Waals surface area contributed by atoms with Gasteiger partial charge in [-0.1, -0.05) is 48.5 Å². The maximum Gasteiger partial charge on any atom is 0.225 e. The Bertz CT molecular complexity index is 1680. The number of hydrogen-bond donors (Lipinski definition) is 2. The fourth-order valence-corrected chi connectivity index (χ4v) is 6.17. The van der Waals surface area contributed by atoms with Crippen LogP contribution in [0.25, 0.3) is 38.9 Å². The van der Waals surface area contributed by atoms with Gasteiger partial charge in [0.05, 0.1) is 23.7 Å². The van der Waals surface area contributed by atoms with Gasteiger partial charge in [-0.3, -0.25) is 9.20 Å². The van der Waals surface area contributed by atoms with E-state index in [9.17, 15) is 4.79 Å². The molecule has 0 spiro atoms. The Morgan fingerprint density at radius 2 is 1.77 bits per heavy atom. The van der Waals surface area contributed by atoms with E-state index >= 15 is 0 Å². The van der Waals surface area contributed by atoms with Crippen molar-refractivity contribution in [1.29, 1.82) is 0 Å². The summed E-state index contributed by atoms with van der Waals surface area (Å²) in [5.74, 6) is 1.86. The predicted octanol–water partition coefficient (Wildman–Crippen LogP) is 5.37. The molecule has 0 bridgehead atoms. The highest BCUT2D eigenvalue weighted by Crippen LogP contribution is 2.37. The normalized spacial score (nSPS) is 21.1. The maximum absolute atomic E-state index is 12.6. The first-order valence-corrected chi connectivity index (χ1v) is 14.1. The highest BCUT2D eigenvalue weighted by Gasteiger charge is 2.30. The van der Waals surface area contributed by atoms with Gasteiger partial charge in [0.1, 0.15) is 22.9 Å². The lowest BCUT2D eigenvalue weighted by Crippen LogP contribution is -2.41. The molecule has 1 aliphatic heterocycles. The molecule has 8 nitrogen and oxygen atoms in total. The van der Waals surface area contributed by atoms with E-state index < -0.39 is 0 Å². The van der Waals surface area contributed by atoms with Gasteiger partial charge in [0.2, 0.25) is 5.91 Å². The summed E-state index contributed by atoms with van der Waals surface area (Å²) in [7, 11) is 0. The van der Waals surface area contributed by atoms with Crippen molar-refractivity contribution in [3.05, 3.63) is 78.9 Å². The summed E-state index contributed by atoms with van der Waals surface area (Å²) >= 11 is 0. The second kappa shape index (κ2) is 10.4. The van der Waals surface area contributed by atoms with Crippen LogP contribution < -0.4 is 11.1 Å². The van der Waals surface area contributed by atoms with Crippen LogP contribution in [0.2, 0.25) is 0 Å². The number of rotatable bonds is 5. The van der Waals surface area contributed by atoms with Crippen LogP contribution >= 0.6 is 0 Å². The Balaban J connectivity index is 1.19. The summed E-state index contributed by atoms with van der Waals surface area (Å²) in [6, 6.07) is 20.9. The number of fused-ring (bicyclic) bond motifs is 2. The fraction of sp³-hybridized carbons (Fsp3) is 0.312. The molecule has 5 aromatic rings. The molecule has 3 N–H and O–H groups in total. The van der Waals surface area contributed by atoms with Crippen LogP contribution in [0.15, 0.2) is 73.1 Å². The molecule has 1 saturated carbocycles. The van der Waals surface area contributed by atoms with Crippen LogP contribution in [0.3, 0.4) is 0 Å². The maximum atomic E-state index is 12.6. The zero-order valence-corrected chi connectivity index (χ0v) is 22.3. The van der Waals surface area contributed by atoms with E-state index in [-0.39, 0.29) is 23.8 Å². The van der Waals surface area contributed by atoms with Crippen LogP contribution in [0.5, 0.6) is 0 Å². The number of pyridine rings is 1. The molecule has 2 fully saturated rings. The number of nitrogens with one attached hydrogen (secondary N) is 1. The van der Waals surface area contributed by atoms with Crippen LogP contribution in [-0.2, 0) is 9.53 Å². The Labute approximate surface area is 232 Å². The van der Waals surface area contributed by atoms with Crippen LogP contribution in [-0.4, -0.2) is 44.5 Å². The molecule has 1 amide bonds. The van der Waals surface area contributed by atoms with Crippen molar-refractivity contribution in [3.63, 3.8) is 0 Å². The molecular weight excluding hydrogens is 500 g/mol. The molecule has 1 unspecified atom stereocenters. The molecule has 7 rings (SSSR count). The van der Waals surface area contributed by atoms with Crippen molar-refractivity contribution in [3.8, 4) is 22.5 Å². The second-order valence-electron chi connectivity index (χ2n) is 10.9. The van der Waals surface area contributed by atoms with E-state index in [4.69, 9.17) is 20.4 Å². The number of nitrogens with two attached hydrogens (primary N) is 1. The number of carbonyl (C=O) groups is 1. The standard InChI is InChI=1S/C32H32N6O2/c33-30-29-28(23-7-6-21-10-13-26(36-27(21)18-23)20-4-2-1-3-5-20)37-31(38(29)16-15-34-30)22-8-11-25(12-9-22)35-32(39)24-14-17-40-19-24/h1-7,10,13,15-16,18,22,24-25H,8-9,11-12,14,17,19H2,(H2,33,34)(H,35,39).